The molecule has 1 fully saturated rings. The van der Waals surface area contributed by atoms with Crippen LogP contribution >= 0.6 is 0 Å². The summed E-state index contributed by atoms with van der Waals surface area (Å²) in [5.74, 6) is 0.387. The summed E-state index contributed by atoms with van der Waals surface area (Å²) in [5.41, 5.74) is 3.82. The molecule has 1 heterocycles. The van der Waals surface area contributed by atoms with Crippen LogP contribution in [0.4, 0.5) is 0 Å². The highest BCUT2D eigenvalue weighted by atomic mass is 16.6. The van der Waals surface area contributed by atoms with Crippen molar-refractivity contribution in [3.63, 3.8) is 0 Å². The second-order valence-electron chi connectivity index (χ2n) is 9.78. The third-order valence-corrected chi connectivity index (χ3v) is 6.87. The minimum absolute atomic E-state index is 0.235. The van der Waals surface area contributed by atoms with Crippen LogP contribution in [0.2, 0.25) is 0 Å². The molecule has 0 radical (unpaired) electrons. The smallest absolute Gasteiger partial charge is 0.198 e. The molecule has 2 aliphatic rings. The van der Waals surface area contributed by atoms with Crippen molar-refractivity contribution in [3.05, 3.63) is 130 Å². The standard InChI is InChI=1S/C32H26O5/c1-32(20-37-32)17-23-15-16-25-28(31(23)36-19-22-11-6-3-7-12-22)30(34)24-13-8-14-26(27(24)29(25)33)35-18-21-9-4-2-5-10-21/h2-16H,17-20H2,1H3/t32-/m1/s1. The van der Waals surface area contributed by atoms with Crippen LogP contribution in [0, 0.1) is 0 Å². The first-order valence-electron chi connectivity index (χ1n) is 12.4. The van der Waals surface area contributed by atoms with E-state index in [0.29, 0.717) is 53.4 Å². The summed E-state index contributed by atoms with van der Waals surface area (Å²) in [5, 5.41) is 0. The maximum atomic E-state index is 13.9. The normalized spacial score (nSPS) is 17.6. The van der Waals surface area contributed by atoms with Gasteiger partial charge in [-0.25, -0.2) is 0 Å². The molecule has 6 rings (SSSR count). The second-order valence-corrected chi connectivity index (χ2v) is 9.78. The lowest BCUT2D eigenvalue weighted by Gasteiger charge is -2.24. The third kappa shape index (κ3) is 4.54. The van der Waals surface area contributed by atoms with Gasteiger partial charge < -0.3 is 14.2 Å². The van der Waals surface area contributed by atoms with Gasteiger partial charge in [0.2, 0.25) is 0 Å². The van der Waals surface area contributed by atoms with E-state index in [4.69, 9.17) is 14.2 Å². The van der Waals surface area contributed by atoms with Crippen molar-refractivity contribution in [1.82, 2.24) is 0 Å². The summed E-state index contributed by atoms with van der Waals surface area (Å²) in [6, 6.07) is 28.3. The van der Waals surface area contributed by atoms with E-state index in [2.05, 4.69) is 0 Å². The quantitative estimate of drug-likeness (QED) is 0.252. The Hall–Kier alpha value is -4.22. The number of ketones is 2. The van der Waals surface area contributed by atoms with Gasteiger partial charge in [-0.05, 0) is 35.7 Å². The maximum absolute atomic E-state index is 13.9. The van der Waals surface area contributed by atoms with Gasteiger partial charge in [0.05, 0.1) is 23.3 Å². The summed E-state index contributed by atoms with van der Waals surface area (Å²) in [7, 11) is 0. The second kappa shape index (κ2) is 9.34. The summed E-state index contributed by atoms with van der Waals surface area (Å²) in [6.07, 6.45) is 0.596. The van der Waals surface area contributed by atoms with Gasteiger partial charge in [-0.3, -0.25) is 9.59 Å². The predicted molar refractivity (Wildman–Crippen MR) is 139 cm³/mol. The monoisotopic (exact) mass is 490 g/mol. The number of benzene rings is 4. The molecule has 1 atom stereocenters. The van der Waals surface area contributed by atoms with E-state index in [1.54, 1.807) is 24.3 Å². The van der Waals surface area contributed by atoms with Crippen LogP contribution in [-0.2, 0) is 24.4 Å². The molecule has 0 aromatic heterocycles. The molecule has 5 nitrogen and oxygen atoms in total. The van der Waals surface area contributed by atoms with Crippen LogP contribution in [0.5, 0.6) is 11.5 Å². The molecular weight excluding hydrogens is 464 g/mol. The van der Waals surface area contributed by atoms with Gasteiger partial charge in [0, 0.05) is 17.5 Å². The van der Waals surface area contributed by atoms with E-state index in [0.717, 1.165) is 16.7 Å². The number of hydrogen-bond acceptors (Lipinski definition) is 5. The van der Waals surface area contributed by atoms with Crippen LogP contribution in [-0.4, -0.2) is 23.8 Å². The zero-order valence-electron chi connectivity index (χ0n) is 20.5. The fourth-order valence-corrected chi connectivity index (χ4v) is 4.78. The molecule has 184 valence electrons. The van der Waals surface area contributed by atoms with Gasteiger partial charge >= 0.3 is 0 Å². The summed E-state index contributed by atoms with van der Waals surface area (Å²) < 4.78 is 18.0. The molecular formula is C32H26O5. The SMILES string of the molecule is C[C@@]1(Cc2ccc3c(c2OCc2ccccc2)C(=O)c2cccc(OCc4ccccc4)c2C3=O)CO1. The van der Waals surface area contributed by atoms with Crippen molar-refractivity contribution in [2.24, 2.45) is 0 Å². The molecule has 1 aliphatic heterocycles. The van der Waals surface area contributed by atoms with Gasteiger partial charge in [-0.15, -0.1) is 0 Å². The molecule has 37 heavy (non-hydrogen) atoms. The lowest BCUT2D eigenvalue weighted by molar-refractivity contribution is 0.0971. The predicted octanol–water partition coefficient (Wildman–Crippen LogP) is 5.95. The van der Waals surface area contributed by atoms with Crippen molar-refractivity contribution >= 4 is 11.6 Å². The minimum atomic E-state index is -0.281. The third-order valence-electron chi connectivity index (χ3n) is 6.87. The van der Waals surface area contributed by atoms with E-state index in [9.17, 15) is 9.59 Å². The van der Waals surface area contributed by atoms with E-state index in [-0.39, 0.29) is 23.8 Å². The summed E-state index contributed by atoms with van der Waals surface area (Å²) in [6.45, 7) is 3.27. The molecule has 0 saturated carbocycles. The maximum Gasteiger partial charge on any atom is 0.198 e. The Morgan fingerprint density at radius 1 is 0.703 bits per heavy atom. The molecule has 1 aliphatic carbocycles. The van der Waals surface area contributed by atoms with E-state index in [1.165, 1.54) is 0 Å². The number of fused-ring (bicyclic) bond motifs is 2. The van der Waals surface area contributed by atoms with Crippen LogP contribution in [0.25, 0.3) is 0 Å². The molecule has 4 aromatic carbocycles. The highest BCUT2D eigenvalue weighted by molar-refractivity contribution is 6.30. The fourth-order valence-electron chi connectivity index (χ4n) is 4.78. The molecule has 4 aromatic rings. The number of rotatable bonds is 8. The topological polar surface area (TPSA) is 65.1 Å². The Bertz CT molecular complexity index is 1490. The molecule has 1 saturated heterocycles. The van der Waals surface area contributed by atoms with Gasteiger partial charge in [-0.1, -0.05) is 78.9 Å². The first-order chi connectivity index (χ1) is 18.0. The molecule has 0 unspecified atom stereocenters. The Balaban J connectivity index is 1.39. The highest BCUT2D eigenvalue weighted by Gasteiger charge is 2.42. The van der Waals surface area contributed by atoms with Crippen molar-refractivity contribution in [2.75, 3.05) is 6.61 Å². The van der Waals surface area contributed by atoms with Crippen LogP contribution in [0.1, 0.15) is 55.5 Å². The number of carbonyl (C=O) groups excluding carboxylic acids is 2. The average molecular weight is 491 g/mol. The molecule has 0 bridgehead atoms. The lowest BCUT2D eigenvalue weighted by atomic mass is 9.81. The minimum Gasteiger partial charge on any atom is -0.488 e. The number of ether oxygens (including phenoxy) is 3. The Labute approximate surface area is 215 Å². The van der Waals surface area contributed by atoms with Gasteiger partial charge in [0.1, 0.15) is 24.7 Å². The largest absolute Gasteiger partial charge is 0.488 e. The van der Waals surface area contributed by atoms with Crippen LogP contribution in [0.15, 0.2) is 91.0 Å². The van der Waals surface area contributed by atoms with E-state index in [1.807, 2.05) is 73.7 Å². The molecule has 5 heteroatoms. The van der Waals surface area contributed by atoms with Crippen LogP contribution in [0.3, 0.4) is 0 Å². The highest BCUT2D eigenvalue weighted by Crippen LogP contribution is 2.42. The zero-order valence-corrected chi connectivity index (χ0v) is 20.5. The zero-order chi connectivity index (χ0) is 25.4. The van der Waals surface area contributed by atoms with Gasteiger partial charge in [-0.2, -0.15) is 0 Å². The average Bonchev–Trinajstić information content (AvgIpc) is 3.66. The van der Waals surface area contributed by atoms with Gasteiger partial charge in [0.15, 0.2) is 11.6 Å². The molecule has 0 amide bonds. The molecule has 0 spiro atoms. The summed E-state index contributed by atoms with van der Waals surface area (Å²) in [4.78, 5) is 27.7. The van der Waals surface area contributed by atoms with Crippen molar-refractivity contribution < 1.29 is 23.8 Å². The van der Waals surface area contributed by atoms with Gasteiger partial charge in [0.25, 0.3) is 0 Å². The number of epoxide rings is 1. The van der Waals surface area contributed by atoms with Crippen LogP contribution < -0.4 is 9.47 Å². The van der Waals surface area contributed by atoms with Crippen molar-refractivity contribution in [1.29, 1.82) is 0 Å². The van der Waals surface area contributed by atoms with E-state index < -0.39 is 0 Å². The number of hydrogen-bond donors (Lipinski definition) is 0. The Morgan fingerprint density at radius 2 is 1.30 bits per heavy atom. The Morgan fingerprint density at radius 3 is 1.95 bits per heavy atom. The van der Waals surface area contributed by atoms with Crippen molar-refractivity contribution in [3.8, 4) is 11.5 Å². The Kier molecular flexibility index (Phi) is 5.85. The fraction of sp³-hybridized carbons (Fsp3) is 0.188. The van der Waals surface area contributed by atoms with E-state index >= 15 is 0 Å². The van der Waals surface area contributed by atoms with Crippen molar-refractivity contribution in [2.45, 2.75) is 32.2 Å². The summed E-state index contributed by atoms with van der Waals surface area (Å²) >= 11 is 0. The first-order valence-corrected chi connectivity index (χ1v) is 12.4. The first kappa shape index (κ1) is 23.2. The molecule has 0 N–H and O–H groups in total. The lowest BCUT2D eigenvalue weighted by Crippen LogP contribution is -2.24. The number of carbonyl (C=O) groups is 2.